The molecule has 0 aliphatic carbocycles. The normalized spacial score (nSPS) is 19.5. The van der Waals surface area contributed by atoms with Crippen molar-refractivity contribution in [1.29, 1.82) is 0 Å². The third-order valence-electron chi connectivity index (χ3n) is 6.49. The fourth-order valence-electron chi connectivity index (χ4n) is 4.59. The summed E-state index contributed by atoms with van der Waals surface area (Å²) in [5, 5.41) is 0. The van der Waals surface area contributed by atoms with Crippen LogP contribution < -0.4 is 9.64 Å². The SMILES string of the molecule is COc1ccc(-c2cc3ncnc(N4CCC(N5CCN(C)CC5)CC4)c3s2)cc1. The zero-order valence-electron chi connectivity index (χ0n) is 17.8. The summed E-state index contributed by atoms with van der Waals surface area (Å²) >= 11 is 1.79. The highest BCUT2D eigenvalue weighted by Crippen LogP contribution is 2.38. The van der Waals surface area contributed by atoms with E-state index in [1.54, 1.807) is 24.8 Å². The summed E-state index contributed by atoms with van der Waals surface area (Å²) in [6.45, 7) is 6.92. The van der Waals surface area contributed by atoms with E-state index in [0.29, 0.717) is 6.04 Å². The van der Waals surface area contributed by atoms with E-state index >= 15 is 0 Å². The highest BCUT2D eigenvalue weighted by Gasteiger charge is 2.28. The van der Waals surface area contributed by atoms with E-state index in [2.05, 4.69) is 44.9 Å². The van der Waals surface area contributed by atoms with Crippen molar-refractivity contribution in [2.24, 2.45) is 0 Å². The number of piperidine rings is 1. The Morgan fingerprint density at radius 3 is 2.40 bits per heavy atom. The lowest BCUT2D eigenvalue weighted by Gasteiger charge is -2.42. The van der Waals surface area contributed by atoms with Crippen LogP contribution in [0.4, 0.5) is 5.82 Å². The van der Waals surface area contributed by atoms with Crippen LogP contribution in [0.25, 0.3) is 20.7 Å². The molecule has 0 N–H and O–H groups in total. The molecule has 0 saturated carbocycles. The lowest BCUT2D eigenvalue weighted by molar-refractivity contribution is 0.0981. The molecule has 3 aromatic rings. The Morgan fingerprint density at radius 1 is 0.967 bits per heavy atom. The van der Waals surface area contributed by atoms with Gasteiger partial charge in [-0.1, -0.05) is 0 Å². The van der Waals surface area contributed by atoms with Gasteiger partial charge in [-0.3, -0.25) is 4.90 Å². The van der Waals surface area contributed by atoms with Crippen molar-refractivity contribution < 1.29 is 4.74 Å². The minimum Gasteiger partial charge on any atom is -0.497 e. The van der Waals surface area contributed by atoms with Gasteiger partial charge in [-0.05, 0) is 55.8 Å². The molecule has 2 aliphatic heterocycles. The lowest BCUT2D eigenvalue weighted by Crippen LogP contribution is -2.52. The Labute approximate surface area is 182 Å². The third-order valence-corrected chi connectivity index (χ3v) is 7.65. The second kappa shape index (κ2) is 8.49. The van der Waals surface area contributed by atoms with Crippen LogP contribution >= 0.6 is 11.3 Å². The Balaban J connectivity index is 1.33. The van der Waals surface area contributed by atoms with Crippen molar-refractivity contribution in [3.63, 3.8) is 0 Å². The van der Waals surface area contributed by atoms with Gasteiger partial charge in [0.15, 0.2) is 0 Å². The van der Waals surface area contributed by atoms with E-state index in [4.69, 9.17) is 9.72 Å². The van der Waals surface area contributed by atoms with Crippen molar-refractivity contribution in [3.05, 3.63) is 36.7 Å². The molecule has 2 saturated heterocycles. The number of fused-ring (bicyclic) bond motifs is 1. The first-order chi connectivity index (χ1) is 14.7. The Morgan fingerprint density at radius 2 is 1.70 bits per heavy atom. The molecule has 0 radical (unpaired) electrons. The second-order valence-corrected chi connectivity index (χ2v) is 9.36. The van der Waals surface area contributed by atoms with E-state index in [-0.39, 0.29) is 0 Å². The summed E-state index contributed by atoms with van der Waals surface area (Å²) in [5.41, 5.74) is 2.23. The zero-order chi connectivity index (χ0) is 20.5. The molecule has 0 bridgehead atoms. The largest absolute Gasteiger partial charge is 0.497 e. The molecular weight excluding hydrogens is 394 g/mol. The van der Waals surface area contributed by atoms with Crippen molar-refractivity contribution in [2.75, 3.05) is 58.3 Å². The molecule has 0 amide bonds. The molecule has 2 aliphatic rings. The highest BCUT2D eigenvalue weighted by atomic mass is 32.1. The fourth-order valence-corrected chi connectivity index (χ4v) is 5.73. The number of likely N-dealkylation sites (N-methyl/N-ethyl adjacent to an activating group) is 1. The number of hydrogen-bond donors (Lipinski definition) is 0. The lowest BCUT2D eigenvalue weighted by atomic mass is 10.0. The van der Waals surface area contributed by atoms with E-state index in [1.165, 1.54) is 54.2 Å². The third kappa shape index (κ3) is 3.89. The van der Waals surface area contributed by atoms with Gasteiger partial charge in [0.05, 0.1) is 17.3 Å². The average molecular weight is 424 g/mol. The van der Waals surface area contributed by atoms with E-state index in [0.717, 1.165) is 30.2 Å². The first kappa shape index (κ1) is 19.7. The number of ether oxygens (including phenoxy) is 1. The van der Waals surface area contributed by atoms with Gasteiger partial charge in [-0.2, -0.15) is 0 Å². The van der Waals surface area contributed by atoms with Gasteiger partial charge >= 0.3 is 0 Å². The van der Waals surface area contributed by atoms with Crippen molar-refractivity contribution in [1.82, 2.24) is 19.8 Å². The van der Waals surface area contributed by atoms with Gasteiger partial charge in [0.1, 0.15) is 17.9 Å². The van der Waals surface area contributed by atoms with Gasteiger partial charge in [-0.15, -0.1) is 11.3 Å². The molecule has 4 heterocycles. The number of methoxy groups -OCH3 is 1. The molecule has 2 fully saturated rings. The molecule has 1 aromatic carbocycles. The second-order valence-electron chi connectivity index (χ2n) is 8.31. The molecule has 0 unspecified atom stereocenters. The zero-order valence-corrected chi connectivity index (χ0v) is 18.6. The minimum atomic E-state index is 0.713. The van der Waals surface area contributed by atoms with Crippen LogP contribution in [0.2, 0.25) is 0 Å². The fraction of sp³-hybridized carbons (Fsp3) is 0.478. The molecule has 6 nitrogen and oxygen atoms in total. The summed E-state index contributed by atoms with van der Waals surface area (Å²) in [6.07, 6.45) is 4.15. The number of thiophene rings is 1. The molecule has 0 atom stereocenters. The number of aromatic nitrogens is 2. The molecule has 7 heteroatoms. The van der Waals surface area contributed by atoms with Crippen LogP contribution in [0.3, 0.4) is 0 Å². The smallest absolute Gasteiger partial charge is 0.150 e. The molecule has 158 valence electrons. The predicted octanol–water partition coefficient (Wildman–Crippen LogP) is 3.58. The summed E-state index contributed by atoms with van der Waals surface area (Å²) in [7, 11) is 3.92. The molecular formula is C23H29N5OS. The van der Waals surface area contributed by atoms with Gasteiger partial charge in [0, 0.05) is 50.2 Å². The molecule has 0 spiro atoms. The van der Waals surface area contributed by atoms with E-state index in [1.807, 2.05) is 12.1 Å². The molecule has 30 heavy (non-hydrogen) atoms. The number of nitrogens with zero attached hydrogens (tertiary/aromatic N) is 5. The maximum Gasteiger partial charge on any atom is 0.150 e. The summed E-state index contributed by atoms with van der Waals surface area (Å²) in [4.78, 5) is 18.1. The van der Waals surface area contributed by atoms with Gasteiger partial charge < -0.3 is 14.5 Å². The number of benzene rings is 1. The Kier molecular flexibility index (Phi) is 5.58. The number of anilines is 1. The first-order valence-corrected chi connectivity index (χ1v) is 11.6. The maximum absolute atomic E-state index is 5.29. The van der Waals surface area contributed by atoms with Crippen LogP contribution in [0.5, 0.6) is 5.75 Å². The van der Waals surface area contributed by atoms with Crippen LogP contribution in [-0.4, -0.2) is 79.2 Å². The van der Waals surface area contributed by atoms with Gasteiger partial charge in [-0.25, -0.2) is 9.97 Å². The number of hydrogen-bond acceptors (Lipinski definition) is 7. The van der Waals surface area contributed by atoms with E-state index < -0.39 is 0 Å². The van der Waals surface area contributed by atoms with Crippen LogP contribution in [0, 0.1) is 0 Å². The Bertz CT molecular complexity index is 989. The van der Waals surface area contributed by atoms with Crippen molar-refractivity contribution in [2.45, 2.75) is 18.9 Å². The molecule has 5 rings (SSSR count). The van der Waals surface area contributed by atoms with Crippen molar-refractivity contribution >= 4 is 27.4 Å². The monoisotopic (exact) mass is 423 g/mol. The first-order valence-electron chi connectivity index (χ1n) is 10.8. The summed E-state index contributed by atoms with van der Waals surface area (Å²) < 4.78 is 6.48. The maximum atomic E-state index is 5.29. The van der Waals surface area contributed by atoms with Gasteiger partial charge in [0.2, 0.25) is 0 Å². The number of rotatable bonds is 4. The Hall–Kier alpha value is -2.22. The van der Waals surface area contributed by atoms with E-state index in [9.17, 15) is 0 Å². The molecule has 2 aromatic heterocycles. The minimum absolute atomic E-state index is 0.713. The standard InChI is InChI=1S/C23H29N5OS/c1-26-11-13-27(14-12-26)18-7-9-28(10-8-18)23-22-20(24-16-25-23)15-21(30-22)17-3-5-19(29-2)6-4-17/h3-6,15-16,18H,7-14H2,1-2H3. The predicted molar refractivity (Wildman–Crippen MR) is 124 cm³/mol. The van der Waals surface area contributed by atoms with Crippen LogP contribution in [-0.2, 0) is 0 Å². The van der Waals surface area contributed by atoms with Crippen molar-refractivity contribution in [3.8, 4) is 16.2 Å². The average Bonchev–Trinajstić information content (AvgIpc) is 3.24. The summed E-state index contributed by atoms with van der Waals surface area (Å²) in [5.74, 6) is 1.98. The highest BCUT2D eigenvalue weighted by molar-refractivity contribution is 7.22. The summed E-state index contributed by atoms with van der Waals surface area (Å²) in [6, 6.07) is 11.1. The van der Waals surface area contributed by atoms with Gasteiger partial charge in [0.25, 0.3) is 0 Å². The quantitative estimate of drug-likeness (QED) is 0.639. The number of piperazine rings is 1. The topological polar surface area (TPSA) is 44.7 Å². The van der Waals surface area contributed by atoms with Crippen LogP contribution in [0.15, 0.2) is 36.7 Å². The van der Waals surface area contributed by atoms with Crippen LogP contribution in [0.1, 0.15) is 12.8 Å².